The first-order valence-corrected chi connectivity index (χ1v) is 6.70. The van der Waals surface area contributed by atoms with E-state index in [-0.39, 0.29) is 11.8 Å². The zero-order valence-corrected chi connectivity index (χ0v) is 11.7. The molecular formula is C13H24N2O4. The Bertz CT molecular complexity index is 323. The molecule has 110 valence electrons. The predicted molar refractivity (Wildman–Crippen MR) is 70.7 cm³/mol. The smallest absolute Gasteiger partial charge is 0.306 e. The van der Waals surface area contributed by atoms with Gasteiger partial charge < -0.3 is 20.4 Å². The van der Waals surface area contributed by atoms with Gasteiger partial charge in [0, 0.05) is 33.6 Å². The highest BCUT2D eigenvalue weighted by atomic mass is 16.4. The number of carbonyl (C=O) groups excluding carboxylic acids is 1. The second kappa shape index (κ2) is 6.86. The predicted octanol–water partition coefficient (Wildman–Crippen LogP) is 0.0602. The van der Waals surface area contributed by atoms with Gasteiger partial charge in [0.1, 0.15) is 0 Å². The van der Waals surface area contributed by atoms with Gasteiger partial charge in [0.25, 0.3) is 0 Å². The van der Waals surface area contributed by atoms with E-state index >= 15 is 0 Å². The van der Waals surface area contributed by atoms with E-state index in [1.807, 2.05) is 0 Å². The third-order valence-corrected chi connectivity index (χ3v) is 3.73. The van der Waals surface area contributed by atoms with Crippen LogP contribution in [-0.2, 0) is 9.59 Å². The Kier molecular flexibility index (Phi) is 5.75. The van der Waals surface area contributed by atoms with Crippen molar-refractivity contribution >= 4 is 11.9 Å². The average molecular weight is 272 g/mol. The minimum atomic E-state index is -0.826. The van der Waals surface area contributed by atoms with Gasteiger partial charge in [-0.2, -0.15) is 0 Å². The van der Waals surface area contributed by atoms with E-state index < -0.39 is 11.6 Å². The zero-order chi connectivity index (χ0) is 14.5. The van der Waals surface area contributed by atoms with Gasteiger partial charge in [0.15, 0.2) is 0 Å². The maximum absolute atomic E-state index is 11.3. The molecule has 19 heavy (non-hydrogen) atoms. The molecule has 0 aromatic heterocycles. The van der Waals surface area contributed by atoms with Gasteiger partial charge in [0.2, 0.25) is 5.91 Å². The molecule has 1 aliphatic carbocycles. The SMILES string of the molecule is CN(C)C(=O)CCNCC1(O)CCC(C(=O)O)CC1. The number of nitrogens with one attached hydrogen (secondary N) is 1. The average Bonchev–Trinajstić information content (AvgIpc) is 2.34. The van der Waals surface area contributed by atoms with Crippen LogP contribution >= 0.6 is 0 Å². The molecule has 0 spiro atoms. The van der Waals surface area contributed by atoms with Gasteiger partial charge in [-0.25, -0.2) is 0 Å². The van der Waals surface area contributed by atoms with Crippen molar-refractivity contribution in [3.63, 3.8) is 0 Å². The summed E-state index contributed by atoms with van der Waals surface area (Å²) in [6.45, 7) is 0.946. The van der Waals surface area contributed by atoms with Crippen LogP contribution in [0.2, 0.25) is 0 Å². The summed E-state index contributed by atoms with van der Waals surface area (Å²) < 4.78 is 0. The lowest BCUT2D eigenvalue weighted by atomic mass is 9.79. The quantitative estimate of drug-likeness (QED) is 0.595. The van der Waals surface area contributed by atoms with E-state index in [4.69, 9.17) is 5.11 Å². The Morgan fingerprint density at radius 1 is 1.32 bits per heavy atom. The molecule has 6 heteroatoms. The van der Waals surface area contributed by atoms with E-state index in [1.54, 1.807) is 14.1 Å². The minimum Gasteiger partial charge on any atom is -0.481 e. The van der Waals surface area contributed by atoms with Crippen LogP contribution < -0.4 is 5.32 Å². The number of nitrogens with zero attached hydrogens (tertiary/aromatic N) is 1. The number of amides is 1. The Balaban J connectivity index is 2.23. The van der Waals surface area contributed by atoms with Crippen LogP contribution in [0, 0.1) is 5.92 Å². The topological polar surface area (TPSA) is 89.9 Å². The number of aliphatic carboxylic acids is 1. The summed E-state index contributed by atoms with van der Waals surface area (Å²) in [6, 6.07) is 0. The van der Waals surface area contributed by atoms with Crippen LogP contribution in [0.5, 0.6) is 0 Å². The third-order valence-electron chi connectivity index (χ3n) is 3.73. The van der Waals surface area contributed by atoms with Crippen molar-refractivity contribution in [1.29, 1.82) is 0 Å². The maximum atomic E-state index is 11.3. The first kappa shape index (κ1) is 15.9. The molecule has 0 unspecified atom stereocenters. The monoisotopic (exact) mass is 272 g/mol. The fourth-order valence-corrected chi connectivity index (χ4v) is 2.32. The van der Waals surface area contributed by atoms with E-state index in [0.717, 1.165) is 0 Å². The first-order chi connectivity index (χ1) is 8.84. The first-order valence-electron chi connectivity index (χ1n) is 6.70. The number of rotatable bonds is 6. The van der Waals surface area contributed by atoms with Gasteiger partial charge in [-0.1, -0.05) is 0 Å². The van der Waals surface area contributed by atoms with Crippen molar-refractivity contribution in [3.8, 4) is 0 Å². The van der Waals surface area contributed by atoms with Crippen molar-refractivity contribution in [2.45, 2.75) is 37.7 Å². The molecule has 1 aliphatic rings. The summed E-state index contributed by atoms with van der Waals surface area (Å²) in [6.07, 6.45) is 2.44. The standard InChI is InChI=1S/C13H24N2O4/c1-15(2)11(16)5-8-14-9-13(19)6-3-10(4-7-13)12(17)18/h10,14,19H,3-9H2,1-2H3,(H,17,18). The van der Waals surface area contributed by atoms with E-state index in [0.29, 0.717) is 45.2 Å². The number of carboxylic acid groups (broad SMARTS) is 1. The van der Waals surface area contributed by atoms with Gasteiger partial charge in [-0.3, -0.25) is 9.59 Å². The van der Waals surface area contributed by atoms with Gasteiger partial charge in [-0.15, -0.1) is 0 Å². The Morgan fingerprint density at radius 2 is 1.89 bits per heavy atom. The summed E-state index contributed by atoms with van der Waals surface area (Å²) in [5.41, 5.74) is -0.826. The second-order valence-electron chi connectivity index (χ2n) is 5.55. The van der Waals surface area contributed by atoms with Crippen LogP contribution in [0.4, 0.5) is 0 Å². The van der Waals surface area contributed by atoms with Crippen LogP contribution in [0.1, 0.15) is 32.1 Å². The van der Waals surface area contributed by atoms with Crippen molar-refractivity contribution < 1.29 is 19.8 Å². The highest BCUT2D eigenvalue weighted by molar-refractivity contribution is 5.75. The molecule has 3 N–H and O–H groups in total. The zero-order valence-electron chi connectivity index (χ0n) is 11.7. The minimum absolute atomic E-state index is 0.0501. The largest absolute Gasteiger partial charge is 0.481 e. The van der Waals surface area contributed by atoms with Crippen LogP contribution in [0.15, 0.2) is 0 Å². The Hall–Kier alpha value is -1.14. The highest BCUT2D eigenvalue weighted by Crippen LogP contribution is 2.31. The van der Waals surface area contributed by atoms with Crippen LogP contribution in [-0.4, -0.2) is 59.8 Å². The van der Waals surface area contributed by atoms with E-state index in [2.05, 4.69) is 5.32 Å². The lowest BCUT2D eigenvalue weighted by molar-refractivity contribution is -0.144. The number of aliphatic hydroxyl groups is 1. The molecule has 0 aromatic carbocycles. The van der Waals surface area contributed by atoms with Crippen molar-refractivity contribution in [1.82, 2.24) is 10.2 Å². The molecule has 1 saturated carbocycles. The van der Waals surface area contributed by atoms with Gasteiger partial charge in [-0.05, 0) is 25.7 Å². The fraction of sp³-hybridized carbons (Fsp3) is 0.846. The second-order valence-corrected chi connectivity index (χ2v) is 5.55. The molecule has 0 bridgehead atoms. The van der Waals surface area contributed by atoms with Gasteiger partial charge in [0.05, 0.1) is 11.5 Å². The van der Waals surface area contributed by atoms with Crippen molar-refractivity contribution in [3.05, 3.63) is 0 Å². The Labute approximate surface area is 113 Å². The number of hydrogen-bond donors (Lipinski definition) is 3. The molecule has 6 nitrogen and oxygen atoms in total. The number of hydrogen-bond acceptors (Lipinski definition) is 4. The summed E-state index contributed by atoms with van der Waals surface area (Å²) in [7, 11) is 3.42. The third kappa shape index (κ3) is 5.16. The molecule has 0 aliphatic heterocycles. The lowest BCUT2D eigenvalue weighted by Crippen LogP contribution is -2.45. The van der Waals surface area contributed by atoms with E-state index in [1.165, 1.54) is 4.90 Å². The molecule has 1 amide bonds. The number of carboxylic acids is 1. The van der Waals surface area contributed by atoms with Crippen LogP contribution in [0.25, 0.3) is 0 Å². The molecule has 0 saturated heterocycles. The molecule has 0 radical (unpaired) electrons. The van der Waals surface area contributed by atoms with Gasteiger partial charge >= 0.3 is 5.97 Å². The fourth-order valence-electron chi connectivity index (χ4n) is 2.32. The maximum Gasteiger partial charge on any atom is 0.306 e. The van der Waals surface area contributed by atoms with Crippen molar-refractivity contribution in [2.24, 2.45) is 5.92 Å². The highest BCUT2D eigenvalue weighted by Gasteiger charge is 2.35. The van der Waals surface area contributed by atoms with E-state index in [9.17, 15) is 14.7 Å². The lowest BCUT2D eigenvalue weighted by Gasteiger charge is -2.34. The molecule has 1 rings (SSSR count). The number of carbonyl (C=O) groups is 2. The summed E-state index contributed by atoms with van der Waals surface area (Å²) in [5, 5.41) is 22.3. The molecule has 0 atom stereocenters. The van der Waals surface area contributed by atoms with Crippen LogP contribution in [0.3, 0.4) is 0 Å². The normalized spacial score (nSPS) is 27.0. The Morgan fingerprint density at radius 3 is 2.37 bits per heavy atom. The summed E-state index contributed by atoms with van der Waals surface area (Å²) in [4.78, 5) is 23.7. The molecule has 0 aromatic rings. The summed E-state index contributed by atoms with van der Waals surface area (Å²) in [5.74, 6) is -1.05. The summed E-state index contributed by atoms with van der Waals surface area (Å²) >= 11 is 0. The van der Waals surface area contributed by atoms with Crippen molar-refractivity contribution in [2.75, 3.05) is 27.2 Å². The molecule has 0 heterocycles. The molecule has 1 fully saturated rings. The molecular weight excluding hydrogens is 248 g/mol.